The van der Waals surface area contributed by atoms with Crippen molar-refractivity contribution in [3.8, 4) is 11.6 Å². The Morgan fingerprint density at radius 3 is 2.83 bits per heavy atom. The second-order valence-corrected chi connectivity index (χ2v) is 4.37. The molecule has 0 atom stereocenters. The highest BCUT2D eigenvalue weighted by atomic mass is 79.9. The maximum atomic E-state index is 10.9. The number of hydrogen-bond acceptors (Lipinski definition) is 5. The van der Waals surface area contributed by atoms with Crippen LogP contribution in [0.5, 0.6) is 11.6 Å². The summed E-state index contributed by atoms with van der Waals surface area (Å²) in [6.07, 6.45) is 2.65. The predicted molar refractivity (Wildman–Crippen MR) is 67.9 cm³/mol. The van der Waals surface area contributed by atoms with E-state index in [4.69, 9.17) is 16.3 Å². The van der Waals surface area contributed by atoms with Crippen LogP contribution in [0.25, 0.3) is 0 Å². The molecule has 18 heavy (non-hydrogen) atoms. The van der Waals surface area contributed by atoms with Crippen LogP contribution in [-0.4, -0.2) is 14.9 Å². The van der Waals surface area contributed by atoms with Crippen LogP contribution in [-0.2, 0) is 0 Å². The van der Waals surface area contributed by atoms with E-state index >= 15 is 0 Å². The van der Waals surface area contributed by atoms with Crippen molar-refractivity contribution >= 4 is 33.2 Å². The van der Waals surface area contributed by atoms with Crippen molar-refractivity contribution in [2.75, 3.05) is 0 Å². The van der Waals surface area contributed by atoms with Crippen LogP contribution in [0.4, 0.5) is 5.69 Å². The maximum Gasteiger partial charge on any atom is 0.312 e. The molecule has 1 aromatic heterocycles. The van der Waals surface area contributed by atoms with Crippen LogP contribution >= 0.6 is 27.5 Å². The lowest BCUT2D eigenvalue weighted by molar-refractivity contribution is -0.385. The third kappa shape index (κ3) is 2.74. The molecule has 0 saturated carbocycles. The summed E-state index contributed by atoms with van der Waals surface area (Å²) in [6.45, 7) is 0. The zero-order chi connectivity index (χ0) is 13.1. The standard InChI is InChI=1S/C10H5BrClN3O3/c11-6-2-1-3-7(15(16)17)10(6)18-9-5-13-4-8(12)14-9/h1-5H. The Morgan fingerprint density at radius 2 is 2.17 bits per heavy atom. The molecule has 0 aliphatic heterocycles. The van der Waals surface area contributed by atoms with Crippen molar-refractivity contribution < 1.29 is 9.66 Å². The quantitative estimate of drug-likeness (QED) is 0.635. The van der Waals surface area contributed by atoms with Gasteiger partial charge in [-0.05, 0) is 22.0 Å². The van der Waals surface area contributed by atoms with Gasteiger partial charge in [-0.1, -0.05) is 17.7 Å². The molecule has 0 aliphatic carbocycles. The highest BCUT2D eigenvalue weighted by Crippen LogP contribution is 2.37. The monoisotopic (exact) mass is 329 g/mol. The van der Waals surface area contributed by atoms with E-state index in [0.29, 0.717) is 4.47 Å². The van der Waals surface area contributed by atoms with Gasteiger partial charge < -0.3 is 4.74 Å². The van der Waals surface area contributed by atoms with E-state index in [0.717, 1.165) is 0 Å². The van der Waals surface area contributed by atoms with Crippen LogP contribution in [0, 0.1) is 10.1 Å². The molecule has 0 aliphatic rings. The fourth-order valence-electron chi connectivity index (χ4n) is 1.22. The number of rotatable bonds is 3. The number of para-hydroxylation sites is 1. The lowest BCUT2D eigenvalue weighted by Crippen LogP contribution is -1.96. The number of ether oxygens (including phenoxy) is 1. The zero-order valence-corrected chi connectivity index (χ0v) is 11.1. The SMILES string of the molecule is O=[N+]([O-])c1cccc(Br)c1Oc1cncc(Cl)n1. The van der Waals surface area contributed by atoms with E-state index in [1.165, 1.54) is 18.5 Å². The molecule has 0 spiro atoms. The van der Waals surface area contributed by atoms with Crippen LogP contribution in [0.2, 0.25) is 5.15 Å². The minimum atomic E-state index is -0.544. The first-order chi connectivity index (χ1) is 8.58. The fraction of sp³-hybridized carbons (Fsp3) is 0. The van der Waals surface area contributed by atoms with Gasteiger partial charge in [0, 0.05) is 6.07 Å². The summed E-state index contributed by atoms with van der Waals surface area (Å²) in [5, 5.41) is 11.0. The van der Waals surface area contributed by atoms with Gasteiger partial charge in [0.25, 0.3) is 0 Å². The first-order valence-electron chi connectivity index (χ1n) is 4.66. The number of halogens is 2. The van der Waals surface area contributed by atoms with Crippen LogP contribution < -0.4 is 4.74 Å². The number of nitro benzene ring substituents is 1. The van der Waals surface area contributed by atoms with Crippen molar-refractivity contribution in [3.63, 3.8) is 0 Å². The normalized spacial score (nSPS) is 10.1. The summed E-state index contributed by atoms with van der Waals surface area (Å²) in [5.74, 6) is 0.136. The Hall–Kier alpha value is -1.73. The van der Waals surface area contributed by atoms with E-state index < -0.39 is 4.92 Å². The molecule has 1 heterocycles. The van der Waals surface area contributed by atoms with Crippen molar-refractivity contribution in [3.05, 3.63) is 50.3 Å². The molecule has 6 nitrogen and oxygen atoms in total. The van der Waals surface area contributed by atoms with Gasteiger partial charge >= 0.3 is 5.69 Å². The molecule has 2 rings (SSSR count). The number of nitro groups is 1. The number of benzene rings is 1. The van der Waals surface area contributed by atoms with Gasteiger partial charge in [-0.3, -0.25) is 15.1 Å². The van der Waals surface area contributed by atoms with Gasteiger partial charge in [0.15, 0.2) is 5.15 Å². The van der Waals surface area contributed by atoms with E-state index in [-0.39, 0.29) is 22.5 Å². The summed E-state index contributed by atoms with van der Waals surface area (Å²) in [4.78, 5) is 18.0. The van der Waals surface area contributed by atoms with Crippen molar-refractivity contribution in [2.45, 2.75) is 0 Å². The summed E-state index contributed by atoms with van der Waals surface area (Å²) in [5.41, 5.74) is -0.175. The first-order valence-corrected chi connectivity index (χ1v) is 5.83. The maximum absolute atomic E-state index is 10.9. The van der Waals surface area contributed by atoms with Crippen molar-refractivity contribution in [1.29, 1.82) is 0 Å². The number of hydrogen-bond donors (Lipinski definition) is 0. The Bertz CT molecular complexity index is 609. The van der Waals surface area contributed by atoms with Gasteiger partial charge in [-0.15, -0.1) is 0 Å². The molecule has 1 aromatic carbocycles. The van der Waals surface area contributed by atoms with E-state index in [2.05, 4.69) is 25.9 Å². The van der Waals surface area contributed by atoms with Crippen LogP contribution in [0.15, 0.2) is 35.1 Å². The third-order valence-electron chi connectivity index (χ3n) is 1.93. The van der Waals surface area contributed by atoms with Gasteiger partial charge in [0.05, 0.1) is 21.8 Å². The fourth-order valence-corrected chi connectivity index (χ4v) is 1.80. The zero-order valence-electron chi connectivity index (χ0n) is 8.71. The lowest BCUT2D eigenvalue weighted by atomic mass is 10.3. The first kappa shape index (κ1) is 12.7. The topological polar surface area (TPSA) is 78.2 Å². The van der Waals surface area contributed by atoms with E-state index in [9.17, 15) is 10.1 Å². The molecular formula is C10H5BrClN3O3. The van der Waals surface area contributed by atoms with Crippen molar-refractivity contribution in [1.82, 2.24) is 9.97 Å². The molecule has 0 bridgehead atoms. The summed E-state index contributed by atoms with van der Waals surface area (Å²) in [6, 6.07) is 4.50. The second kappa shape index (κ2) is 5.28. The number of nitrogens with zero attached hydrogens (tertiary/aromatic N) is 3. The molecule has 0 N–H and O–H groups in total. The van der Waals surface area contributed by atoms with Gasteiger partial charge in [-0.25, -0.2) is 0 Å². The Morgan fingerprint density at radius 1 is 1.39 bits per heavy atom. The highest BCUT2D eigenvalue weighted by molar-refractivity contribution is 9.10. The predicted octanol–water partition coefficient (Wildman–Crippen LogP) is 3.59. The summed E-state index contributed by atoms with van der Waals surface area (Å²) >= 11 is 8.83. The minimum Gasteiger partial charge on any atom is -0.429 e. The average molecular weight is 331 g/mol. The molecule has 92 valence electrons. The van der Waals surface area contributed by atoms with Crippen LogP contribution in [0.3, 0.4) is 0 Å². The Balaban J connectivity index is 2.42. The summed E-state index contributed by atoms with van der Waals surface area (Å²) < 4.78 is 5.78. The molecular weight excluding hydrogens is 325 g/mol. The smallest absolute Gasteiger partial charge is 0.312 e. The lowest BCUT2D eigenvalue weighted by Gasteiger charge is -2.06. The van der Waals surface area contributed by atoms with Gasteiger partial charge in [-0.2, -0.15) is 4.98 Å². The Labute approximate surface area is 115 Å². The van der Waals surface area contributed by atoms with Gasteiger partial charge in [0.2, 0.25) is 11.6 Å². The molecule has 0 radical (unpaired) electrons. The molecule has 0 amide bonds. The second-order valence-electron chi connectivity index (χ2n) is 3.13. The largest absolute Gasteiger partial charge is 0.429 e. The molecule has 0 unspecified atom stereocenters. The highest BCUT2D eigenvalue weighted by Gasteiger charge is 2.19. The molecule has 0 saturated heterocycles. The molecule has 8 heteroatoms. The van der Waals surface area contributed by atoms with E-state index in [1.807, 2.05) is 0 Å². The van der Waals surface area contributed by atoms with E-state index in [1.54, 1.807) is 12.1 Å². The molecule has 2 aromatic rings. The Kier molecular flexibility index (Phi) is 3.73. The third-order valence-corrected chi connectivity index (χ3v) is 2.74. The minimum absolute atomic E-state index is 0.0547. The van der Waals surface area contributed by atoms with Gasteiger partial charge in [0.1, 0.15) is 0 Å². The molecule has 0 fully saturated rings. The van der Waals surface area contributed by atoms with Crippen molar-refractivity contribution in [2.24, 2.45) is 0 Å². The van der Waals surface area contributed by atoms with Crippen LogP contribution in [0.1, 0.15) is 0 Å². The summed E-state index contributed by atoms with van der Waals surface area (Å²) in [7, 11) is 0. The number of aromatic nitrogens is 2. The average Bonchev–Trinajstić information content (AvgIpc) is 2.31.